The van der Waals surface area contributed by atoms with E-state index in [4.69, 9.17) is 0 Å². The van der Waals surface area contributed by atoms with Crippen molar-refractivity contribution in [3.63, 3.8) is 0 Å². The summed E-state index contributed by atoms with van der Waals surface area (Å²) in [5.41, 5.74) is -0.676. The molecular formula is C20H40O. The fourth-order valence-electron chi connectivity index (χ4n) is 2.89. The van der Waals surface area contributed by atoms with Gasteiger partial charge < -0.3 is 5.11 Å². The van der Waals surface area contributed by atoms with Gasteiger partial charge in [0.2, 0.25) is 0 Å². The second kappa shape index (κ2) is 11.3. The highest BCUT2D eigenvalue weighted by Gasteiger charge is 2.15. The molecule has 0 unspecified atom stereocenters. The maximum atomic E-state index is 9.89. The molecule has 1 N–H and O–H groups in total. The van der Waals surface area contributed by atoms with Gasteiger partial charge in [0.05, 0.1) is 5.60 Å². The quantitative estimate of drug-likeness (QED) is 0.392. The molecule has 0 aromatic heterocycles. The smallest absolute Gasteiger partial charge is 0.0797 e. The van der Waals surface area contributed by atoms with Crippen molar-refractivity contribution < 1.29 is 5.11 Å². The van der Waals surface area contributed by atoms with Crippen molar-refractivity contribution in [1.29, 1.82) is 0 Å². The Balaban J connectivity index is 3.56. The summed E-state index contributed by atoms with van der Waals surface area (Å²) in [5, 5.41) is 9.89. The van der Waals surface area contributed by atoms with Crippen molar-refractivity contribution in [2.24, 2.45) is 17.8 Å². The number of hydrogen-bond donors (Lipinski definition) is 1. The lowest BCUT2D eigenvalue weighted by molar-refractivity contribution is 0.0974. The zero-order chi connectivity index (χ0) is 16.3. The highest BCUT2D eigenvalue weighted by Crippen LogP contribution is 2.23. The van der Waals surface area contributed by atoms with Crippen LogP contribution in [0.15, 0.2) is 12.7 Å². The predicted molar refractivity (Wildman–Crippen MR) is 95.5 cm³/mol. The molecule has 0 aromatic rings. The summed E-state index contributed by atoms with van der Waals surface area (Å²) in [6.07, 6.45) is 13.1. The monoisotopic (exact) mass is 296 g/mol. The maximum absolute atomic E-state index is 9.89. The minimum atomic E-state index is -0.676. The van der Waals surface area contributed by atoms with Gasteiger partial charge in [0.1, 0.15) is 0 Å². The van der Waals surface area contributed by atoms with Crippen LogP contribution in [-0.4, -0.2) is 10.7 Å². The van der Waals surface area contributed by atoms with E-state index in [1.165, 1.54) is 44.9 Å². The van der Waals surface area contributed by atoms with E-state index in [1.807, 2.05) is 6.92 Å². The molecule has 126 valence electrons. The summed E-state index contributed by atoms with van der Waals surface area (Å²) in [6.45, 7) is 14.9. The van der Waals surface area contributed by atoms with Crippen LogP contribution >= 0.6 is 0 Å². The first-order valence-corrected chi connectivity index (χ1v) is 9.12. The first kappa shape index (κ1) is 20.7. The molecule has 0 aromatic carbocycles. The number of aliphatic hydroxyl groups is 1. The second-order valence-electron chi connectivity index (χ2n) is 7.92. The Morgan fingerprint density at radius 2 is 1.29 bits per heavy atom. The number of hydrogen-bond acceptors (Lipinski definition) is 1. The fourth-order valence-corrected chi connectivity index (χ4v) is 2.89. The van der Waals surface area contributed by atoms with Crippen LogP contribution in [0.3, 0.4) is 0 Å². The lowest BCUT2D eigenvalue weighted by Gasteiger charge is -2.20. The van der Waals surface area contributed by atoms with Gasteiger partial charge in [-0.15, -0.1) is 6.58 Å². The summed E-state index contributed by atoms with van der Waals surface area (Å²) in [4.78, 5) is 0. The molecule has 0 radical (unpaired) electrons. The van der Waals surface area contributed by atoms with Gasteiger partial charge in [-0.3, -0.25) is 0 Å². The van der Waals surface area contributed by atoms with E-state index in [2.05, 4.69) is 34.3 Å². The zero-order valence-electron chi connectivity index (χ0n) is 15.3. The Bertz CT molecular complexity index is 255. The summed E-state index contributed by atoms with van der Waals surface area (Å²) < 4.78 is 0. The largest absolute Gasteiger partial charge is 0.386 e. The molecule has 0 aliphatic heterocycles. The summed E-state index contributed by atoms with van der Waals surface area (Å²) in [7, 11) is 0. The highest BCUT2D eigenvalue weighted by molar-refractivity contribution is 4.91. The summed E-state index contributed by atoms with van der Waals surface area (Å²) in [6, 6.07) is 0. The molecule has 1 heteroatoms. The van der Waals surface area contributed by atoms with E-state index in [0.717, 1.165) is 30.6 Å². The van der Waals surface area contributed by atoms with Crippen LogP contribution in [0.2, 0.25) is 0 Å². The number of rotatable bonds is 13. The standard InChI is InChI=1S/C20H40O/c1-7-20(6,21)16-10-15-19(5)14-9-13-18(4)12-8-11-17(2)3/h7,17-19,21H,1,8-16H2,2-6H3/t18-,19-,20-/m1/s1. The Kier molecular flexibility index (Phi) is 11.1. The van der Waals surface area contributed by atoms with Crippen LogP contribution in [0.1, 0.15) is 92.4 Å². The van der Waals surface area contributed by atoms with Gasteiger partial charge in [-0.05, 0) is 31.1 Å². The molecule has 21 heavy (non-hydrogen) atoms. The van der Waals surface area contributed by atoms with E-state index >= 15 is 0 Å². The molecule has 0 fully saturated rings. The Morgan fingerprint density at radius 1 is 0.857 bits per heavy atom. The molecular weight excluding hydrogens is 256 g/mol. The molecule has 3 atom stereocenters. The average Bonchev–Trinajstić information content (AvgIpc) is 2.38. The van der Waals surface area contributed by atoms with E-state index in [9.17, 15) is 5.11 Å². The minimum absolute atomic E-state index is 0.676. The highest BCUT2D eigenvalue weighted by atomic mass is 16.3. The molecule has 0 saturated carbocycles. The van der Waals surface area contributed by atoms with Crippen molar-refractivity contribution in [2.75, 3.05) is 0 Å². The van der Waals surface area contributed by atoms with Crippen molar-refractivity contribution in [3.8, 4) is 0 Å². The topological polar surface area (TPSA) is 20.2 Å². The van der Waals surface area contributed by atoms with Crippen LogP contribution < -0.4 is 0 Å². The van der Waals surface area contributed by atoms with Gasteiger partial charge in [-0.1, -0.05) is 85.1 Å². The van der Waals surface area contributed by atoms with Crippen LogP contribution in [-0.2, 0) is 0 Å². The second-order valence-corrected chi connectivity index (χ2v) is 7.92. The maximum Gasteiger partial charge on any atom is 0.0797 e. The molecule has 0 spiro atoms. The van der Waals surface area contributed by atoms with E-state index < -0.39 is 5.60 Å². The lowest BCUT2D eigenvalue weighted by atomic mass is 9.90. The molecule has 1 nitrogen and oxygen atoms in total. The minimum Gasteiger partial charge on any atom is -0.386 e. The van der Waals surface area contributed by atoms with E-state index in [0.29, 0.717) is 0 Å². The van der Waals surface area contributed by atoms with Gasteiger partial charge in [0, 0.05) is 0 Å². The molecule has 0 heterocycles. The third kappa shape index (κ3) is 13.1. The molecule has 0 bridgehead atoms. The lowest BCUT2D eigenvalue weighted by Crippen LogP contribution is -2.20. The normalized spacial score (nSPS) is 17.5. The molecule has 0 saturated heterocycles. The Hall–Kier alpha value is -0.300. The van der Waals surface area contributed by atoms with E-state index in [1.54, 1.807) is 6.08 Å². The van der Waals surface area contributed by atoms with Crippen LogP contribution in [0.5, 0.6) is 0 Å². The van der Waals surface area contributed by atoms with Gasteiger partial charge in [-0.25, -0.2) is 0 Å². The van der Waals surface area contributed by atoms with E-state index in [-0.39, 0.29) is 0 Å². The summed E-state index contributed by atoms with van der Waals surface area (Å²) in [5.74, 6) is 2.52. The predicted octanol–water partition coefficient (Wildman–Crippen LogP) is 6.36. The van der Waals surface area contributed by atoms with Crippen molar-refractivity contribution in [3.05, 3.63) is 12.7 Å². The first-order chi connectivity index (χ1) is 9.76. The van der Waals surface area contributed by atoms with Crippen molar-refractivity contribution in [2.45, 2.75) is 98.0 Å². The van der Waals surface area contributed by atoms with Gasteiger partial charge in [0.25, 0.3) is 0 Å². The van der Waals surface area contributed by atoms with Crippen LogP contribution in [0, 0.1) is 17.8 Å². The zero-order valence-corrected chi connectivity index (χ0v) is 15.3. The third-order valence-corrected chi connectivity index (χ3v) is 4.69. The molecule has 0 aliphatic carbocycles. The molecule has 0 rings (SSSR count). The Morgan fingerprint density at radius 3 is 1.71 bits per heavy atom. The molecule has 0 aliphatic rings. The van der Waals surface area contributed by atoms with Crippen LogP contribution in [0.25, 0.3) is 0 Å². The van der Waals surface area contributed by atoms with Crippen molar-refractivity contribution >= 4 is 0 Å². The molecule has 0 amide bonds. The third-order valence-electron chi connectivity index (χ3n) is 4.69. The van der Waals surface area contributed by atoms with Crippen LogP contribution in [0.4, 0.5) is 0 Å². The van der Waals surface area contributed by atoms with Gasteiger partial charge in [0.15, 0.2) is 0 Å². The summed E-state index contributed by atoms with van der Waals surface area (Å²) >= 11 is 0. The first-order valence-electron chi connectivity index (χ1n) is 9.12. The van der Waals surface area contributed by atoms with Gasteiger partial charge >= 0.3 is 0 Å². The Labute approximate surface area is 134 Å². The van der Waals surface area contributed by atoms with Gasteiger partial charge in [-0.2, -0.15) is 0 Å². The fraction of sp³-hybridized carbons (Fsp3) is 0.900. The average molecular weight is 297 g/mol. The SMILES string of the molecule is C=C[C@@](C)(O)CCC[C@H](C)CCC[C@H](C)CCCC(C)C. The van der Waals surface area contributed by atoms with Crippen molar-refractivity contribution in [1.82, 2.24) is 0 Å².